The first-order valence-corrected chi connectivity index (χ1v) is 8.77. The minimum Gasteiger partial charge on any atom is -0.428 e. The fourth-order valence-corrected chi connectivity index (χ4v) is 2.97. The van der Waals surface area contributed by atoms with Crippen LogP contribution in [0.3, 0.4) is 0 Å². The first-order chi connectivity index (χ1) is 11.9. The van der Waals surface area contributed by atoms with Crippen molar-refractivity contribution in [3.63, 3.8) is 0 Å². The Morgan fingerprint density at radius 3 is 2.60 bits per heavy atom. The molecule has 7 nitrogen and oxygen atoms in total. The minimum absolute atomic E-state index is 0.162. The molecule has 0 aliphatic carbocycles. The Morgan fingerprint density at radius 1 is 1.28 bits per heavy atom. The zero-order chi connectivity index (χ0) is 18.0. The molecule has 0 unspecified atom stereocenters. The van der Waals surface area contributed by atoms with Crippen LogP contribution in [0.1, 0.15) is 61.5 Å². The summed E-state index contributed by atoms with van der Waals surface area (Å²) in [6.45, 7) is 9.26. The summed E-state index contributed by atoms with van der Waals surface area (Å²) in [6, 6.07) is 2.09. The number of anilines is 1. The number of hydrogen-bond acceptors (Lipinski definition) is 5. The quantitative estimate of drug-likeness (QED) is 0.920. The number of rotatable bonds is 3. The molecule has 2 aromatic rings. The predicted octanol–water partition coefficient (Wildman–Crippen LogP) is 3.62. The summed E-state index contributed by atoms with van der Waals surface area (Å²) in [7, 11) is 0. The number of aromatic nitrogens is 3. The predicted molar refractivity (Wildman–Crippen MR) is 94.7 cm³/mol. The topological polar surface area (TPSA) is 84.2 Å². The van der Waals surface area contributed by atoms with Gasteiger partial charge < -0.3 is 9.32 Å². The normalized spacial score (nSPS) is 15.6. The lowest BCUT2D eigenvalue weighted by atomic mass is 9.93. The van der Waals surface area contributed by atoms with Gasteiger partial charge in [0.2, 0.25) is 0 Å². The van der Waals surface area contributed by atoms with Crippen LogP contribution in [0.25, 0.3) is 0 Å². The number of amides is 2. The zero-order valence-corrected chi connectivity index (χ0v) is 15.2. The molecule has 25 heavy (non-hydrogen) atoms. The molecule has 0 bridgehead atoms. The van der Waals surface area contributed by atoms with E-state index in [1.807, 2.05) is 26.1 Å². The number of nitrogens with zero attached hydrogens (tertiary/aromatic N) is 4. The standard InChI is InChI=1S/C18H25N5O2/c1-11(2)16-19-8-5-15(21-16)14-6-9-23(10-7-14)18(24)22-17-20-12(3)13(4)25-17/h5,8,11,14H,6-7,9-10H2,1-4H3,(H,20,22,24). The summed E-state index contributed by atoms with van der Waals surface area (Å²) in [5.74, 6) is 2.29. The summed E-state index contributed by atoms with van der Waals surface area (Å²) in [5, 5.41) is 2.74. The summed E-state index contributed by atoms with van der Waals surface area (Å²) < 4.78 is 5.42. The maximum absolute atomic E-state index is 12.4. The third-order valence-electron chi connectivity index (χ3n) is 4.65. The van der Waals surface area contributed by atoms with Gasteiger partial charge in [-0.05, 0) is 32.8 Å². The second-order valence-corrected chi connectivity index (χ2v) is 6.85. The van der Waals surface area contributed by atoms with Crippen LogP contribution >= 0.6 is 0 Å². The van der Waals surface area contributed by atoms with Crippen molar-refractivity contribution in [2.24, 2.45) is 0 Å². The first-order valence-electron chi connectivity index (χ1n) is 8.77. The van der Waals surface area contributed by atoms with Crippen molar-refractivity contribution in [2.75, 3.05) is 18.4 Å². The molecule has 0 atom stereocenters. The molecule has 0 saturated carbocycles. The van der Waals surface area contributed by atoms with Crippen LogP contribution in [0, 0.1) is 13.8 Å². The molecular formula is C18H25N5O2. The lowest BCUT2D eigenvalue weighted by Crippen LogP contribution is -2.40. The number of likely N-dealkylation sites (tertiary alicyclic amines) is 1. The molecule has 2 aromatic heterocycles. The van der Waals surface area contributed by atoms with Crippen LogP contribution in [0.2, 0.25) is 0 Å². The van der Waals surface area contributed by atoms with Crippen molar-refractivity contribution in [2.45, 2.75) is 52.4 Å². The second kappa shape index (κ2) is 7.21. The lowest BCUT2D eigenvalue weighted by molar-refractivity contribution is 0.193. The number of carbonyl (C=O) groups excluding carboxylic acids is 1. The summed E-state index contributed by atoms with van der Waals surface area (Å²) in [5.41, 5.74) is 1.87. The molecule has 1 N–H and O–H groups in total. The number of carbonyl (C=O) groups is 1. The van der Waals surface area contributed by atoms with E-state index in [4.69, 9.17) is 9.40 Å². The Balaban J connectivity index is 1.58. The third kappa shape index (κ3) is 3.97. The Labute approximate surface area is 147 Å². The SMILES string of the molecule is Cc1nc(NC(=O)N2CCC(c3ccnc(C(C)C)n3)CC2)oc1C. The summed E-state index contributed by atoms with van der Waals surface area (Å²) in [4.78, 5) is 27.4. The number of nitrogens with one attached hydrogen (secondary N) is 1. The van der Waals surface area contributed by atoms with Gasteiger partial charge in [0.05, 0.1) is 5.69 Å². The number of piperidine rings is 1. The van der Waals surface area contributed by atoms with Crippen LogP contribution in [-0.4, -0.2) is 39.0 Å². The van der Waals surface area contributed by atoms with Crippen LogP contribution in [-0.2, 0) is 0 Å². The molecule has 1 fully saturated rings. The number of oxazole rings is 1. The van der Waals surface area contributed by atoms with Gasteiger partial charge in [-0.1, -0.05) is 13.8 Å². The number of hydrogen-bond donors (Lipinski definition) is 1. The summed E-state index contributed by atoms with van der Waals surface area (Å²) >= 11 is 0. The molecule has 3 rings (SSSR count). The molecule has 7 heteroatoms. The van der Waals surface area contributed by atoms with Crippen LogP contribution in [0.5, 0.6) is 0 Å². The monoisotopic (exact) mass is 343 g/mol. The van der Waals surface area contributed by atoms with E-state index >= 15 is 0 Å². The first kappa shape index (κ1) is 17.4. The second-order valence-electron chi connectivity index (χ2n) is 6.85. The Bertz CT molecular complexity index is 728. The highest BCUT2D eigenvalue weighted by Crippen LogP contribution is 2.27. The molecule has 134 valence electrons. The molecular weight excluding hydrogens is 318 g/mol. The van der Waals surface area contributed by atoms with Gasteiger partial charge in [0.1, 0.15) is 11.6 Å². The van der Waals surface area contributed by atoms with Crippen LogP contribution < -0.4 is 5.32 Å². The van der Waals surface area contributed by atoms with Crippen molar-refractivity contribution in [3.8, 4) is 0 Å². The van der Waals surface area contributed by atoms with E-state index in [-0.39, 0.29) is 12.0 Å². The largest absolute Gasteiger partial charge is 0.428 e. The maximum Gasteiger partial charge on any atom is 0.325 e. The van der Waals surface area contributed by atoms with Gasteiger partial charge in [0.25, 0.3) is 0 Å². The van der Waals surface area contributed by atoms with E-state index in [0.29, 0.717) is 24.9 Å². The van der Waals surface area contributed by atoms with Gasteiger partial charge in [-0.2, -0.15) is 4.98 Å². The molecule has 1 saturated heterocycles. The smallest absolute Gasteiger partial charge is 0.325 e. The highest BCUT2D eigenvalue weighted by molar-refractivity contribution is 5.87. The van der Waals surface area contributed by atoms with Gasteiger partial charge in [0.15, 0.2) is 0 Å². The zero-order valence-electron chi connectivity index (χ0n) is 15.2. The average molecular weight is 343 g/mol. The van der Waals surface area contributed by atoms with E-state index in [9.17, 15) is 4.79 Å². The summed E-state index contributed by atoms with van der Waals surface area (Å²) in [6.07, 6.45) is 3.63. The van der Waals surface area contributed by atoms with Gasteiger partial charge >= 0.3 is 12.0 Å². The van der Waals surface area contributed by atoms with E-state index in [2.05, 4.69) is 29.1 Å². The molecule has 0 spiro atoms. The fraction of sp³-hybridized carbons (Fsp3) is 0.556. The third-order valence-corrected chi connectivity index (χ3v) is 4.65. The Kier molecular flexibility index (Phi) is 5.01. The van der Waals surface area contributed by atoms with E-state index in [0.717, 1.165) is 35.8 Å². The fourth-order valence-electron chi connectivity index (χ4n) is 2.97. The van der Waals surface area contributed by atoms with Gasteiger partial charge in [-0.25, -0.2) is 14.8 Å². The van der Waals surface area contributed by atoms with E-state index in [1.165, 1.54) is 0 Å². The average Bonchev–Trinajstić information content (AvgIpc) is 2.92. The number of aryl methyl sites for hydroxylation is 2. The van der Waals surface area contributed by atoms with Crippen molar-refractivity contribution >= 4 is 12.0 Å². The lowest BCUT2D eigenvalue weighted by Gasteiger charge is -2.31. The Morgan fingerprint density at radius 2 is 2.00 bits per heavy atom. The van der Waals surface area contributed by atoms with Gasteiger partial charge in [-0.15, -0.1) is 0 Å². The molecule has 0 radical (unpaired) electrons. The van der Waals surface area contributed by atoms with Crippen LogP contribution in [0.4, 0.5) is 10.8 Å². The van der Waals surface area contributed by atoms with E-state index < -0.39 is 0 Å². The molecule has 2 amide bonds. The highest BCUT2D eigenvalue weighted by Gasteiger charge is 2.26. The van der Waals surface area contributed by atoms with Crippen molar-refractivity contribution in [1.29, 1.82) is 0 Å². The minimum atomic E-state index is -0.162. The van der Waals surface area contributed by atoms with Crippen LogP contribution in [0.15, 0.2) is 16.7 Å². The highest BCUT2D eigenvalue weighted by atomic mass is 16.4. The molecule has 0 aromatic carbocycles. The molecule has 3 heterocycles. The molecule has 1 aliphatic heterocycles. The maximum atomic E-state index is 12.4. The van der Waals surface area contributed by atoms with E-state index in [1.54, 1.807) is 4.90 Å². The van der Waals surface area contributed by atoms with Gasteiger partial charge in [0, 0.05) is 36.8 Å². The van der Waals surface area contributed by atoms with Crippen molar-refractivity contribution in [3.05, 3.63) is 35.2 Å². The number of urea groups is 1. The Hall–Kier alpha value is -2.44. The molecule has 1 aliphatic rings. The van der Waals surface area contributed by atoms with Gasteiger partial charge in [-0.3, -0.25) is 5.32 Å². The van der Waals surface area contributed by atoms with Crippen molar-refractivity contribution < 1.29 is 9.21 Å². The van der Waals surface area contributed by atoms with Crippen molar-refractivity contribution in [1.82, 2.24) is 19.9 Å².